The Bertz CT molecular complexity index is 778. The van der Waals surface area contributed by atoms with Gasteiger partial charge in [-0.05, 0) is 24.3 Å². The lowest BCUT2D eigenvalue weighted by molar-refractivity contribution is -0.122. The number of H-pyrrole nitrogens is 1. The van der Waals surface area contributed by atoms with Gasteiger partial charge in [-0.25, -0.2) is 4.90 Å². The molecule has 0 saturated carbocycles. The molecular weight excluding hydrogens is 292 g/mol. The molecule has 0 saturated heterocycles. The highest BCUT2D eigenvalue weighted by molar-refractivity contribution is 6.43. The van der Waals surface area contributed by atoms with Crippen LogP contribution in [0.15, 0.2) is 36.5 Å². The summed E-state index contributed by atoms with van der Waals surface area (Å²) in [5.74, 6) is -1.19. The minimum Gasteiger partial charge on any atom is -0.505 e. The highest BCUT2D eigenvalue weighted by Gasteiger charge is 2.37. The number of aromatic nitrogens is 1. The third-order valence-corrected chi connectivity index (χ3v) is 3.53. The van der Waals surface area contributed by atoms with Crippen molar-refractivity contribution in [2.24, 2.45) is 0 Å². The zero-order chi connectivity index (χ0) is 15.1. The molecule has 1 aliphatic heterocycles. The van der Waals surface area contributed by atoms with E-state index in [1.807, 2.05) is 0 Å². The number of halogens is 1. The molecule has 0 fully saturated rings. The number of anilines is 1. The van der Waals surface area contributed by atoms with Crippen molar-refractivity contribution in [1.82, 2.24) is 4.98 Å². The van der Waals surface area contributed by atoms with Gasteiger partial charge in [0.25, 0.3) is 5.91 Å². The molecule has 21 heavy (non-hydrogen) atoms. The fourth-order valence-electron chi connectivity index (χ4n) is 2.39. The molecule has 106 valence electrons. The first-order valence-corrected chi connectivity index (χ1v) is 6.60. The number of nitrogens with one attached hydrogen (secondary N) is 1. The van der Waals surface area contributed by atoms with E-state index in [9.17, 15) is 14.7 Å². The normalized spacial score (nSPS) is 16.1. The van der Waals surface area contributed by atoms with E-state index in [4.69, 9.17) is 11.6 Å². The maximum Gasteiger partial charge on any atom is 0.269 e. The van der Waals surface area contributed by atoms with Crippen molar-refractivity contribution in [3.8, 4) is 0 Å². The third-order valence-electron chi connectivity index (χ3n) is 3.29. The fraction of sp³-hybridized carbons (Fsp3) is 0.0667. The summed E-state index contributed by atoms with van der Waals surface area (Å²) in [5.41, 5.74) is 1.35. The molecular formula is C15H11ClN2O3. The lowest BCUT2D eigenvalue weighted by Crippen LogP contribution is -2.31. The van der Waals surface area contributed by atoms with E-state index in [2.05, 4.69) is 4.98 Å². The number of benzene rings is 1. The number of imide groups is 1. The van der Waals surface area contributed by atoms with Gasteiger partial charge in [-0.3, -0.25) is 9.59 Å². The molecule has 1 aliphatic rings. The summed E-state index contributed by atoms with van der Waals surface area (Å²) in [4.78, 5) is 28.1. The first kappa shape index (κ1) is 13.5. The molecule has 0 radical (unpaired) electrons. The average Bonchev–Trinajstić information content (AvgIpc) is 3.02. The predicted molar refractivity (Wildman–Crippen MR) is 79.9 cm³/mol. The highest BCUT2D eigenvalue weighted by atomic mass is 35.5. The molecule has 1 aromatic heterocycles. The molecule has 0 aliphatic carbocycles. The van der Waals surface area contributed by atoms with Crippen LogP contribution < -0.4 is 4.90 Å². The number of carbonyl (C=O) groups excluding carboxylic acids is 2. The van der Waals surface area contributed by atoms with Crippen LogP contribution in [0.25, 0.3) is 11.3 Å². The number of hydrogen-bond acceptors (Lipinski definition) is 3. The van der Waals surface area contributed by atoms with Crippen molar-refractivity contribution in [2.45, 2.75) is 6.92 Å². The highest BCUT2D eigenvalue weighted by Crippen LogP contribution is 2.41. The molecule has 5 nitrogen and oxygen atoms in total. The van der Waals surface area contributed by atoms with Crippen molar-refractivity contribution in [1.29, 1.82) is 0 Å². The number of aliphatic hydroxyl groups excluding tert-OH is 1. The number of nitrogens with zero attached hydrogens (tertiary/aromatic N) is 1. The molecule has 2 heterocycles. The van der Waals surface area contributed by atoms with E-state index in [0.717, 1.165) is 4.90 Å². The largest absolute Gasteiger partial charge is 0.505 e. The predicted octanol–water partition coefficient (Wildman–Crippen LogP) is 2.99. The minimum atomic E-state index is -0.563. The lowest BCUT2D eigenvalue weighted by Gasteiger charge is -2.12. The summed E-state index contributed by atoms with van der Waals surface area (Å²) in [7, 11) is 0. The van der Waals surface area contributed by atoms with Crippen LogP contribution in [0.3, 0.4) is 0 Å². The van der Waals surface area contributed by atoms with E-state index in [-0.39, 0.29) is 11.3 Å². The molecule has 0 spiro atoms. The van der Waals surface area contributed by atoms with Crippen molar-refractivity contribution >= 4 is 40.4 Å². The summed E-state index contributed by atoms with van der Waals surface area (Å²) in [5, 5.41) is 10.8. The molecule has 0 unspecified atom stereocenters. The van der Waals surface area contributed by atoms with Gasteiger partial charge in [-0.15, -0.1) is 0 Å². The Morgan fingerprint density at radius 2 is 2.10 bits per heavy atom. The number of aromatic amines is 1. The molecule has 2 aromatic rings. The van der Waals surface area contributed by atoms with Gasteiger partial charge in [-0.1, -0.05) is 17.7 Å². The number of carbonyl (C=O) groups is 2. The first-order valence-electron chi connectivity index (χ1n) is 6.22. The smallest absolute Gasteiger partial charge is 0.269 e. The second-order valence-corrected chi connectivity index (χ2v) is 5.06. The topological polar surface area (TPSA) is 73.4 Å². The SMILES string of the molecule is CC(=O)N1C(=O)/C(=C(/O)c2ccc[nH]2)c2ccc(Cl)cc21. The zero-order valence-corrected chi connectivity index (χ0v) is 11.8. The third kappa shape index (κ3) is 2.02. The number of fused-ring (bicyclic) bond motifs is 1. The molecule has 6 heteroatoms. The minimum absolute atomic E-state index is 0.0827. The van der Waals surface area contributed by atoms with Crippen molar-refractivity contribution in [3.05, 3.63) is 52.8 Å². The van der Waals surface area contributed by atoms with E-state index < -0.39 is 11.8 Å². The second kappa shape index (κ2) is 4.79. The van der Waals surface area contributed by atoms with Crippen LogP contribution in [-0.2, 0) is 9.59 Å². The van der Waals surface area contributed by atoms with Crippen molar-refractivity contribution < 1.29 is 14.7 Å². The molecule has 3 rings (SSSR count). The van der Waals surface area contributed by atoms with Crippen LogP contribution >= 0.6 is 11.6 Å². The van der Waals surface area contributed by atoms with E-state index in [0.29, 0.717) is 22.0 Å². The van der Waals surface area contributed by atoms with Gasteiger partial charge in [0.15, 0.2) is 5.76 Å². The number of rotatable bonds is 1. The van der Waals surface area contributed by atoms with Crippen LogP contribution in [0.4, 0.5) is 5.69 Å². The Morgan fingerprint density at radius 1 is 1.33 bits per heavy atom. The zero-order valence-electron chi connectivity index (χ0n) is 11.1. The maximum absolute atomic E-state index is 12.5. The van der Waals surface area contributed by atoms with Crippen LogP contribution in [0.5, 0.6) is 0 Å². The first-order chi connectivity index (χ1) is 10.0. The van der Waals surface area contributed by atoms with Gasteiger partial charge < -0.3 is 10.1 Å². The number of amides is 2. The lowest BCUT2D eigenvalue weighted by atomic mass is 10.0. The summed E-state index contributed by atoms with van der Waals surface area (Å²) in [6.45, 7) is 1.29. The van der Waals surface area contributed by atoms with E-state index in [1.165, 1.54) is 13.0 Å². The summed E-state index contributed by atoms with van der Waals surface area (Å²) in [6.07, 6.45) is 1.64. The number of hydrogen-bond donors (Lipinski definition) is 2. The summed E-state index contributed by atoms with van der Waals surface area (Å²) in [6, 6.07) is 8.11. The Balaban J connectivity index is 2.28. The number of aliphatic hydroxyl groups is 1. The van der Waals surface area contributed by atoms with Gasteiger partial charge >= 0.3 is 0 Å². The van der Waals surface area contributed by atoms with Gasteiger partial charge in [0.2, 0.25) is 5.91 Å². The molecule has 0 bridgehead atoms. The Kier molecular flexibility index (Phi) is 3.07. The van der Waals surface area contributed by atoms with Crippen molar-refractivity contribution in [3.63, 3.8) is 0 Å². The Hall–Kier alpha value is -2.53. The average molecular weight is 303 g/mol. The molecule has 0 atom stereocenters. The van der Waals surface area contributed by atoms with Gasteiger partial charge in [0.1, 0.15) is 0 Å². The Labute approximate surface area is 125 Å². The molecule has 2 amide bonds. The van der Waals surface area contributed by atoms with Crippen LogP contribution in [0, 0.1) is 0 Å². The molecule has 1 aromatic carbocycles. The summed E-state index contributed by atoms with van der Waals surface area (Å²) >= 11 is 5.93. The van der Waals surface area contributed by atoms with Gasteiger partial charge in [-0.2, -0.15) is 0 Å². The standard InChI is InChI=1S/C15H11ClN2O3/c1-8(19)18-12-7-9(16)4-5-10(12)13(15(18)21)14(20)11-3-2-6-17-11/h2-7,17,20H,1H3/b14-13+. The maximum atomic E-state index is 12.5. The van der Waals surface area contributed by atoms with Gasteiger partial charge in [0.05, 0.1) is 17.0 Å². The van der Waals surface area contributed by atoms with Gasteiger partial charge in [0, 0.05) is 23.7 Å². The van der Waals surface area contributed by atoms with E-state index in [1.54, 1.807) is 30.5 Å². The quantitative estimate of drug-likeness (QED) is 0.628. The van der Waals surface area contributed by atoms with E-state index >= 15 is 0 Å². The second-order valence-electron chi connectivity index (χ2n) is 4.63. The fourth-order valence-corrected chi connectivity index (χ4v) is 2.56. The summed E-state index contributed by atoms with van der Waals surface area (Å²) < 4.78 is 0. The van der Waals surface area contributed by atoms with Crippen LogP contribution in [-0.4, -0.2) is 21.9 Å². The monoisotopic (exact) mass is 302 g/mol. The van der Waals surface area contributed by atoms with Crippen LogP contribution in [0.1, 0.15) is 18.2 Å². The van der Waals surface area contributed by atoms with Crippen LogP contribution in [0.2, 0.25) is 5.02 Å². The Morgan fingerprint density at radius 3 is 2.71 bits per heavy atom. The molecule has 2 N–H and O–H groups in total. The van der Waals surface area contributed by atoms with Crippen molar-refractivity contribution in [2.75, 3.05) is 4.90 Å².